The highest BCUT2D eigenvalue weighted by Gasteiger charge is 2.16. The molecule has 0 aliphatic carbocycles. The molecule has 0 spiro atoms. The zero-order valence-electron chi connectivity index (χ0n) is 9.69. The molecule has 1 aliphatic rings. The van der Waals surface area contributed by atoms with E-state index in [1.54, 1.807) is 6.20 Å². The van der Waals surface area contributed by atoms with E-state index in [1.165, 1.54) is 0 Å². The molecule has 0 atom stereocenters. The van der Waals surface area contributed by atoms with Gasteiger partial charge in [0.1, 0.15) is 5.82 Å². The minimum absolute atomic E-state index is 0.843. The van der Waals surface area contributed by atoms with Gasteiger partial charge in [-0.25, -0.2) is 4.98 Å². The van der Waals surface area contributed by atoms with Crippen molar-refractivity contribution in [3.05, 3.63) is 18.3 Å². The first-order chi connectivity index (χ1) is 7.83. The number of hydrogen-bond donors (Lipinski definition) is 2. The van der Waals surface area contributed by atoms with Crippen LogP contribution in [0.4, 0.5) is 11.5 Å². The van der Waals surface area contributed by atoms with Crippen molar-refractivity contribution in [3.8, 4) is 0 Å². The number of piperazine rings is 1. The Morgan fingerprint density at radius 3 is 2.56 bits per heavy atom. The molecular formula is C11H19N5. The van der Waals surface area contributed by atoms with Gasteiger partial charge in [-0.15, -0.1) is 0 Å². The first-order valence-electron chi connectivity index (χ1n) is 5.73. The third-order valence-electron chi connectivity index (χ3n) is 3.06. The summed E-state index contributed by atoms with van der Waals surface area (Å²) in [7, 11) is 0. The molecule has 88 valence electrons. The fourth-order valence-electron chi connectivity index (χ4n) is 1.95. The van der Waals surface area contributed by atoms with Gasteiger partial charge in [0.25, 0.3) is 0 Å². The van der Waals surface area contributed by atoms with Gasteiger partial charge >= 0.3 is 0 Å². The summed E-state index contributed by atoms with van der Waals surface area (Å²) in [6.45, 7) is 7.68. The molecule has 2 heterocycles. The van der Waals surface area contributed by atoms with Crippen LogP contribution in [-0.4, -0.2) is 42.6 Å². The molecule has 1 fully saturated rings. The van der Waals surface area contributed by atoms with Crippen LogP contribution < -0.4 is 16.2 Å². The van der Waals surface area contributed by atoms with E-state index in [0.717, 1.165) is 44.2 Å². The number of likely N-dealkylation sites (N-methyl/N-ethyl adjacent to an activating group) is 1. The van der Waals surface area contributed by atoms with E-state index in [-0.39, 0.29) is 0 Å². The Bertz CT molecular complexity index is 316. The molecule has 0 saturated carbocycles. The van der Waals surface area contributed by atoms with Crippen molar-refractivity contribution in [2.45, 2.75) is 6.92 Å². The first kappa shape index (κ1) is 11.2. The molecule has 3 N–H and O–H groups in total. The molecule has 1 saturated heterocycles. The highest BCUT2D eigenvalue weighted by atomic mass is 15.3. The Hall–Kier alpha value is -1.33. The lowest BCUT2D eigenvalue weighted by molar-refractivity contribution is 0.270. The molecule has 5 nitrogen and oxygen atoms in total. The topological polar surface area (TPSA) is 57.4 Å². The average molecular weight is 221 g/mol. The van der Waals surface area contributed by atoms with Crippen molar-refractivity contribution >= 4 is 11.5 Å². The quantitative estimate of drug-likeness (QED) is 0.575. The third kappa shape index (κ3) is 2.43. The molecule has 1 aromatic heterocycles. The average Bonchev–Trinajstić information content (AvgIpc) is 2.39. The van der Waals surface area contributed by atoms with Gasteiger partial charge in [-0.05, 0) is 18.7 Å². The largest absolute Gasteiger partial charge is 0.354 e. The second-order valence-corrected chi connectivity index (χ2v) is 3.97. The maximum absolute atomic E-state index is 5.30. The van der Waals surface area contributed by atoms with Gasteiger partial charge in [0.15, 0.2) is 0 Å². The zero-order valence-corrected chi connectivity index (χ0v) is 9.69. The predicted molar refractivity (Wildman–Crippen MR) is 66.4 cm³/mol. The molecule has 0 unspecified atom stereocenters. The Labute approximate surface area is 96.2 Å². The van der Waals surface area contributed by atoms with Gasteiger partial charge in [-0.1, -0.05) is 6.92 Å². The second-order valence-electron chi connectivity index (χ2n) is 3.97. The fraction of sp³-hybridized carbons (Fsp3) is 0.545. The summed E-state index contributed by atoms with van der Waals surface area (Å²) in [6.07, 6.45) is 1.77. The lowest BCUT2D eigenvalue weighted by atomic mass is 10.3. The monoisotopic (exact) mass is 221 g/mol. The number of hydrazine groups is 1. The second kappa shape index (κ2) is 5.14. The van der Waals surface area contributed by atoms with Crippen LogP contribution in [0.5, 0.6) is 0 Å². The minimum atomic E-state index is 0.843. The Morgan fingerprint density at radius 2 is 2.06 bits per heavy atom. The van der Waals surface area contributed by atoms with Crippen molar-refractivity contribution in [1.82, 2.24) is 9.88 Å². The highest BCUT2D eigenvalue weighted by Crippen LogP contribution is 2.15. The van der Waals surface area contributed by atoms with Crippen LogP contribution >= 0.6 is 0 Å². The van der Waals surface area contributed by atoms with E-state index >= 15 is 0 Å². The molecule has 0 radical (unpaired) electrons. The van der Waals surface area contributed by atoms with E-state index < -0.39 is 0 Å². The van der Waals surface area contributed by atoms with Crippen molar-refractivity contribution in [2.75, 3.05) is 43.0 Å². The number of nitrogens with one attached hydrogen (secondary N) is 1. The predicted octanol–water partition coefficient (Wildman–Crippen LogP) is 0.509. The number of hydrogen-bond acceptors (Lipinski definition) is 5. The van der Waals surface area contributed by atoms with Crippen molar-refractivity contribution < 1.29 is 0 Å². The summed E-state index contributed by atoms with van der Waals surface area (Å²) < 4.78 is 0. The van der Waals surface area contributed by atoms with Gasteiger partial charge in [0, 0.05) is 26.2 Å². The van der Waals surface area contributed by atoms with Crippen molar-refractivity contribution in [1.29, 1.82) is 0 Å². The van der Waals surface area contributed by atoms with E-state index in [0.29, 0.717) is 0 Å². The Morgan fingerprint density at radius 1 is 1.31 bits per heavy atom. The van der Waals surface area contributed by atoms with Crippen LogP contribution in [0.1, 0.15) is 6.92 Å². The van der Waals surface area contributed by atoms with Crippen LogP contribution in [0.25, 0.3) is 0 Å². The number of rotatable bonds is 3. The summed E-state index contributed by atoms with van der Waals surface area (Å²) in [6, 6.07) is 3.96. The molecule has 2 rings (SSSR count). The number of anilines is 2. The normalized spacial score (nSPS) is 17.5. The molecule has 0 bridgehead atoms. The van der Waals surface area contributed by atoms with E-state index in [4.69, 9.17) is 5.84 Å². The lowest BCUT2D eigenvalue weighted by Gasteiger charge is -2.34. The molecule has 16 heavy (non-hydrogen) atoms. The summed E-state index contributed by atoms with van der Waals surface area (Å²) in [4.78, 5) is 9.15. The summed E-state index contributed by atoms with van der Waals surface area (Å²) in [5.74, 6) is 6.34. The number of nitrogen functional groups attached to an aromatic ring is 1. The first-order valence-corrected chi connectivity index (χ1v) is 5.73. The summed E-state index contributed by atoms with van der Waals surface area (Å²) >= 11 is 0. The number of aromatic nitrogens is 1. The molecule has 0 aromatic carbocycles. The van der Waals surface area contributed by atoms with Gasteiger partial charge in [-0.2, -0.15) is 0 Å². The van der Waals surface area contributed by atoms with Crippen molar-refractivity contribution in [3.63, 3.8) is 0 Å². The van der Waals surface area contributed by atoms with Gasteiger partial charge < -0.3 is 15.2 Å². The van der Waals surface area contributed by atoms with Gasteiger partial charge in [0.05, 0.1) is 11.9 Å². The van der Waals surface area contributed by atoms with Crippen LogP contribution in [0.2, 0.25) is 0 Å². The maximum atomic E-state index is 5.30. The minimum Gasteiger partial charge on any atom is -0.354 e. The van der Waals surface area contributed by atoms with Crippen LogP contribution in [0.15, 0.2) is 18.3 Å². The fourth-order valence-corrected chi connectivity index (χ4v) is 1.95. The zero-order chi connectivity index (χ0) is 11.4. The molecule has 0 amide bonds. The number of pyridine rings is 1. The smallest absolute Gasteiger partial charge is 0.128 e. The third-order valence-corrected chi connectivity index (χ3v) is 3.06. The standard InChI is InChI=1S/C11H19N5/c1-2-15-5-7-16(8-6-15)11-4-3-10(14-12)9-13-11/h3-4,9,14H,2,5-8,12H2,1H3. The maximum Gasteiger partial charge on any atom is 0.128 e. The Kier molecular flexibility index (Phi) is 3.58. The van der Waals surface area contributed by atoms with E-state index in [1.807, 2.05) is 12.1 Å². The summed E-state index contributed by atoms with van der Waals surface area (Å²) in [5.41, 5.74) is 3.43. The molecular weight excluding hydrogens is 202 g/mol. The SMILES string of the molecule is CCN1CCN(c2ccc(NN)cn2)CC1. The molecule has 5 heteroatoms. The van der Waals surface area contributed by atoms with Crippen LogP contribution in [-0.2, 0) is 0 Å². The van der Waals surface area contributed by atoms with Crippen LogP contribution in [0.3, 0.4) is 0 Å². The van der Waals surface area contributed by atoms with Gasteiger partial charge in [-0.3, -0.25) is 5.84 Å². The van der Waals surface area contributed by atoms with E-state index in [2.05, 4.69) is 27.1 Å². The van der Waals surface area contributed by atoms with E-state index in [9.17, 15) is 0 Å². The molecule has 1 aliphatic heterocycles. The van der Waals surface area contributed by atoms with Gasteiger partial charge in [0.2, 0.25) is 0 Å². The molecule has 1 aromatic rings. The van der Waals surface area contributed by atoms with Crippen molar-refractivity contribution in [2.24, 2.45) is 5.84 Å². The number of nitrogens with two attached hydrogens (primary N) is 1. The number of nitrogens with zero attached hydrogens (tertiary/aromatic N) is 3. The summed E-state index contributed by atoms with van der Waals surface area (Å²) in [5, 5.41) is 0. The Balaban J connectivity index is 1.97. The highest BCUT2D eigenvalue weighted by molar-refractivity contribution is 5.48. The van der Waals surface area contributed by atoms with Crippen LogP contribution in [0, 0.1) is 0 Å². The lowest BCUT2D eigenvalue weighted by Crippen LogP contribution is -2.46.